The highest BCUT2D eigenvalue weighted by Crippen LogP contribution is 2.25. The summed E-state index contributed by atoms with van der Waals surface area (Å²) >= 11 is 0. The molecule has 1 atom stereocenters. The van der Waals surface area contributed by atoms with Crippen LogP contribution < -0.4 is 9.47 Å². The van der Waals surface area contributed by atoms with E-state index >= 15 is 0 Å². The number of hydrogen-bond donors (Lipinski definition) is 1. The molecule has 0 fully saturated rings. The average molecular weight is 330 g/mol. The van der Waals surface area contributed by atoms with E-state index in [2.05, 4.69) is 0 Å². The van der Waals surface area contributed by atoms with Crippen LogP contribution in [0.25, 0.3) is 0 Å². The van der Waals surface area contributed by atoms with E-state index in [0.29, 0.717) is 24.7 Å². The minimum Gasteiger partial charge on any atom is -0.489 e. The van der Waals surface area contributed by atoms with Crippen LogP contribution in [-0.4, -0.2) is 30.9 Å². The average Bonchev–Trinajstić information content (AvgIpc) is 2.60. The van der Waals surface area contributed by atoms with Crippen molar-refractivity contribution in [3.05, 3.63) is 59.7 Å². The fraction of sp³-hybridized carbons (Fsp3) is 0.316. The first-order valence-corrected chi connectivity index (χ1v) is 7.83. The third-order valence-corrected chi connectivity index (χ3v) is 3.49. The molecular formula is C19H22O5. The molecule has 2 aromatic carbocycles. The van der Waals surface area contributed by atoms with Gasteiger partial charge in [-0.15, -0.1) is 0 Å². The molecule has 0 bridgehead atoms. The lowest BCUT2D eigenvalue weighted by Gasteiger charge is -2.18. The highest BCUT2D eigenvalue weighted by molar-refractivity contribution is 5.88. The van der Waals surface area contributed by atoms with Crippen molar-refractivity contribution in [3.63, 3.8) is 0 Å². The van der Waals surface area contributed by atoms with Gasteiger partial charge < -0.3 is 19.3 Å². The van der Waals surface area contributed by atoms with Crippen LogP contribution in [0.5, 0.6) is 11.5 Å². The number of benzene rings is 2. The van der Waals surface area contributed by atoms with Crippen LogP contribution >= 0.6 is 0 Å². The van der Waals surface area contributed by atoms with Gasteiger partial charge in [0, 0.05) is 13.2 Å². The highest BCUT2D eigenvalue weighted by Gasteiger charge is 2.13. The molecule has 24 heavy (non-hydrogen) atoms. The molecule has 0 aliphatic heterocycles. The second-order valence-electron chi connectivity index (χ2n) is 5.38. The third kappa shape index (κ3) is 5.28. The Kier molecular flexibility index (Phi) is 6.63. The molecule has 0 aliphatic carbocycles. The maximum absolute atomic E-state index is 11.3. The van der Waals surface area contributed by atoms with Crippen molar-refractivity contribution in [2.45, 2.75) is 26.1 Å². The van der Waals surface area contributed by atoms with Crippen LogP contribution in [0.15, 0.2) is 48.5 Å². The Morgan fingerprint density at radius 2 is 1.83 bits per heavy atom. The van der Waals surface area contributed by atoms with Gasteiger partial charge in [0.1, 0.15) is 24.2 Å². The van der Waals surface area contributed by atoms with E-state index < -0.39 is 5.97 Å². The number of carboxylic acids is 1. The molecule has 2 rings (SSSR count). The lowest BCUT2D eigenvalue weighted by Crippen LogP contribution is -2.21. The normalized spacial score (nSPS) is 11.8. The van der Waals surface area contributed by atoms with E-state index in [9.17, 15) is 9.90 Å². The molecule has 5 heteroatoms. The van der Waals surface area contributed by atoms with Gasteiger partial charge in [0.15, 0.2) is 0 Å². The van der Waals surface area contributed by atoms with E-state index in [1.165, 1.54) is 12.1 Å². The lowest BCUT2D eigenvalue weighted by molar-refractivity contribution is 0.0690. The SMILES string of the molecule is CCC(COC)Oc1cc(OCc2ccccc2)cc(C(=O)O)c1. The van der Waals surface area contributed by atoms with Gasteiger partial charge in [-0.25, -0.2) is 4.79 Å². The van der Waals surface area contributed by atoms with E-state index in [-0.39, 0.29) is 11.7 Å². The minimum atomic E-state index is -1.02. The van der Waals surface area contributed by atoms with Gasteiger partial charge in [-0.3, -0.25) is 0 Å². The summed E-state index contributed by atoms with van der Waals surface area (Å²) in [5.74, 6) is -0.104. The maximum atomic E-state index is 11.3. The molecule has 128 valence electrons. The third-order valence-electron chi connectivity index (χ3n) is 3.49. The second kappa shape index (κ2) is 8.93. The summed E-state index contributed by atoms with van der Waals surface area (Å²) in [5.41, 5.74) is 1.13. The molecule has 0 spiro atoms. The molecule has 0 aromatic heterocycles. The Balaban J connectivity index is 2.16. The predicted octanol–water partition coefficient (Wildman–Crippen LogP) is 3.77. The summed E-state index contributed by atoms with van der Waals surface area (Å²) in [6.45, 7) is 2.78. The fourth-order valence-corrected chi connectivity index (χ4v) is 2.20. The van der Waals surface area contributed by atoms with Gasteiger partial charge in [0.25, 0.3) is 0 Å². The number of carbonyl (C=O) groups is 1. The lowest BCUT2D eigenvalue weighted by atomic mass is 10.2. The summed E-state index contributed by atoms with van der Waals surface area (Å²) in [7, 11) is 1.61. The Morgan fingerprint density at radius 3 is 2.46 bits per heavy atom. The zero-order valence-electron chi connectivity index (χ0n) is 13.9. The number of ether oxygens (including phenoxy) is 3. The Hall–Kier alpha value is -2.53. The molecule has 0 amide bonds. The van der Waals surface area contributed by atoms with Gasteiger partial charge in [0.05, 0.1) is 12.2 Å². The summed E-state index contributed by atoms with van der Waals surface area (Å²) < 4.78 is 16.7. The first-order chi connectivity index (χ1) is 11.6. The summed E-state index contributed by atoms with van der Waals surface area (Å²) in [4.78, 5) is 11.3. The smallest absolute Gasteiger partial charge is 0.335 e. The number of aromatic carboxylic acids is 1. The van der Waals surface area contributed by atoms with Crippen molar-refractivity contribution < 1.29 is 24.1 Å². The maximum Gasteiger partial charge on any atom is 0.335 e. The van der Waals surface area contributed by atoms with Crippen molar-refractivity contribution in [3.8, 4) is 11.5 Å². The van der Waals surface area contributed by atoms with Crippen molar-refractivity contribution in [2.24, 2.45) is 0 Å². The molecule has 1 unspecified atom stereocenters. The zero-order chi connectivity index (χ0) is 17.4. The Bertz CT molecular complexity index is 654. The van der Waals surface area contributed by atoms with E-state index in [1.807, 2.05) is 37.3 Å². The van der Waals surface area contributed by atoms with Crippen molar-refractivity contribution >= 4 is 5.97 Å². The second-order valence-corrected chi connectivity index (χ2v) is 5.38. The first kappa shape index (κ1) is 17.8. The number of rotatable bonds is 9. The first-order valence-electron chi connectivity index (χ1n) is 7.83. The number of methoxy groups -OCH3 is 1. The molecular weight excluding hydrogens is 308 g/mol. The van der Waals surface area contributed by atoms with Crippen molar-refractivity contribution in [1.82, 2.24) is 0 Å². The van der Waals surface area contributed by atoms with Crippen LogP contribution in [0.1, 0.15) is 29.3 Å². The molecule has 0 radical (unpaired) electrons. The van der Waals surface area contributed by atoms with E-state index in [4.69, 9.17) is 14.2 Å². The van der Waals surface area contributed by atoms with Crippen molar-refractivity contribution in [1.29, 1.82) is 0 Å². The Morgan fingerprint density at radius 1 is 1.12 bits per heavy atom. The topological polar surface area (TPSA) is 65.0 Å². The van der Waals surface area contributed by atoms with E-state index in [1.54, 1.807) is 13.2 Å². The molecule has 0 saturated heterocycles. The molecule has 0 heterocycles. The minimum absolute atomic E-state index is 0.128. The molecule has 2 aromatic rings. The highest BCUT2D eigenvalue weighted by atomic mass is 16.5. The number of hydrogen-bond acceptors (Lipinski definition) is 4. The van der Waals surface area contributed by atoms with Crippen molar-refractivity contribution in [2.75, 3.05) is 13.7 Å². The van der Waals surface area contributed by atoms with Crippen LogP contribution in [0.2, 0.25) is 0 Å². The molecule has 0 aliphatic rings. The summed E-state index contributed by atoms with van der Waals surface area (Å²) in [5, 5.41) is 9.28. The largest absolute Gasteiger partial charge is 0.489 e. The molecule has 5 nitrogen and oxygen atoms in total. The summed E-state index contributed by atoms with van der Waals surface area (Å²) in [6.07, 6.45) is 0.617. The Labute approximate surface area is 141 Å². The van der Waals surface area contributed by atoms with Crippen LogP contribution in [0.3, 0.4) is 0 Å². The standard InChI is InChI=1S/C19H22O5/c1-3-16(13-22-2)24-18-10-15(19(20)21)9-17(11-18)23-12-14-7-5-4-6-8-14/h4-11,16H,3,12-13H2,1-2H3,(H,20,21). The monoisotopic (exact) mass is 330 g/mol. The van der Waals surface area contributed by atoms with Gasteiger partial charge in [-0.1, -0.05) is 37.3 Å². The fourth-order valence-electron chi connectivity index (χ4n) is 2.20. The summed E-state index contributed by atoms with van der Waals surface area (Å²) in [6, 6.07) is 14.4. The number of carboxylic acid groups (broad SMARTS) is 1. The van der Waals surface area contributed by atoms with E-state index in [0.717, 1.165) is 12.0 Å². The van der Waals surface area contributed by atoms with Gasteiger partial charge in [0.2, 0.25) is 0 Å². The van der Waals surface area contributed by atoms with Crippen LogP contribution in [0.4, 0.5) is 0 Å². The van der Waals surface area contributed by atoms with Crippen LogP contribution in [0, 0.1) is 0 Å². The van der Waals surface area contributed by atoms with Gasteiger partial charge in [-0.05, 0) is 24.1 Å². The quantitative estimate of drug-likeness (QED) is 0.758. The predicted molar refractivity (Wildman–Crippen MR) is 90.8 cm³/mol. The van der Waals surface area contributed by atoms with Gasteiger partial charge >= 0.3 is 5.97 Å². The van der Waals surface area contributed by atoms with Crippen LogP contribution in [-0.2, 0) is 11.3 Å². The molecule has 0 saturated carbocycles. The van der Waals surface area contributed by atoms with Gasteiger partial charge in [-0.2, -0.15) is 0 Å². The zero-order valence-corrected chi connectivity index (χ0v) is 13.9. The molecule has 1 N–H and O–H groups in total.